The van der Waals surface area contributed by atoms with E-state index in [0.29, 0.717) is 17.0 Å². The van der Waals surface area contributed by atoms with Crippen LogP contribution in [0.1, 0.15) is 5.56 Å². The summed E-state index contributed by atoms with van der Waals surface area (Å²) in [5, 5.41) is 8.68. The monoisotopic (exact) mass is 240 g/mol. The Morgan fingerprint density at radius 2 is 2.31 bits per heavy atom. The summed E-state index contributed by atoms with van der Waals surface area (Å²) in [6, 6.07) is 5.09. The number of aliphatic hydroxyl groups is 1. The fourth-order valence-corrected chi connectivity index (χ4v) is 1.98. The third kappa shape index (κ3) is 2.00. The molecule has 1 aromatic carbocycles. The quantitative estimate of drug-likeness (QED) is 0.750. The van der Waals surface area contributed by atoms with Crippen LogP contribution in [0.2, 0.25) is 0 Å². The van der Waals surface area contributed by atoms with Gasteiger partial charge < -0.3 is 28.5 Å². The average Bonchev–Trinajstić information content (AvgIpc) is 2.25. The smallest absolute Gasteiger partial charge is 0.132 e. The standard InChI is InChI=1S/C9H10N3O3S/c10-9-8-6(11-16(14)12-9)2-1-3-7(8)15-5-4-13/h1-3,13H,4-5H2,(H2,10,11,12,14)/q-1. The van der Waals surface area contributed by atoms with Crippen LogP contribution in [0.5, 0.6) is 5.75 Å². The molecule has 6 nitrogen and oxygen atoms in total. The first-order valence-corrected chi connectivity index (χ1v) is 5.63. The topological polar surface area (TPSA) is 97.3 Å². The first-order chi connectivity index (χ1) is 7.72. The van der Waals surface area contributed by atoms with Crippen molar-refractivity contribution in [1.82, 2.24) is 0 Å². The van der Waals surface area contributed by atoms with Gasteiger partial charge in [0, 0.05) is 0 Å². The molecule has 0 spiro atoms. The lowest BCUT2D eigenvalue weighted by molar-refractivity contribution is 0.201. The van der Waals surface area contributed by atoms with Gasteiger partial charge in [0.2, 0.25) is 0 Å². The van der Waals surface area contributed by atoms with Crippen LogP contribution in [-0.4, -0.2) is 24.2 Å². The van der Waals surface area contributed by atoms with E-state index in [4.69, 9.17) is 15.6 Å². The Balaban J connectivity index is 2.48. The van der Waals surface area contributed by atoms with Crippen LogP contribution >= 0.6 is 0 Å². The number of ether oxygens (including phenoxy) is 1. The van der Waals surface area contributed by atoms with Crippen LogP contribution in [0.3, 0.4) is 0 Å². The van der Waals surface area contributed by atoms with Crippen molar-refractivity contribution in [3.05, 3.63) is 23.8 Å². The minimum atomic E-state index is -1.66. The number of amidine groups is 1. The van der Waals surface area contributed by atoms with Crippen molar-refractivity contribution in [3.63, 3.8) is 0 Å². The van der Waals surface area contributed by atoms with Gasteiger partial charge in [-0.15, -0.1) is 0 Å². The third-order valence-corrected chi connectivity index (χ3v) is 2.67. The molecule has 0 bridgehead atoms. The maximum Gasteiger partial charge on any atom is 0.132 e. The lowest BCUT2D eigenvalue weighted by atomic mass is 10.1. The van der Waals surface area contributed by atoms with Gasteiger partial charge in [-0.25, -0.2) is 0 Å². The lowest BCUT2D eigenvalue weighted by Crippen LogP contribution is -2.17. The minimum absolute atomic E-state index is 0.0935. The number of nitrogens with two attached hydrogens (primary N) is 1. The zero-order valence-corrected chi connectivity index (χ0v) is 9.11. The summed E-state index contributed by atoms with van der Waals surface area (Å²) in [4.78, 5) is 0. The van der Waals surface area contributed by atoms with Crippen molar-refractivity contribution in [2.24, 2.45) is 14.5 Å². The molecule has 0 saturated carbocycles. The Morgan fingerprint density at radius 3 is 3.06 bits per heavy atom. The van der Waals surface area contributed by atoms with Crippen molar-refractivity contribution < 1.29 is 14.1 Å². The Bertz CT molecular complexity index is 521. The fourth-order valence-electron chi connectivity index (χ4n) is 1.36. The van der Waals surface area contributed by atoms with Gasteiger partial charge >= 0.3 is 0 Å². The average molecular weight is 240 g/mol. The lowest BCUT2D eigenvalue weighted by Gasteiger charge is -2.17. The molecular formula is C9H10N3O3S-. The number of hydrogen-bond acceptors (Lipinski definition) is 6. The molecule has 1 heterocycles. The second kappa shape index (κ2) is 4.50. The van der Waals surface area contributed by atoms with E-state index >= 15 is 0 Å². The summed E-state index contributed by atoms with van der Waals surface area (Å²) in [5.41, 5.74) is 6.67. The number of hydrogen-bond donors (Lipinski definition) is 2. The summed E-state index contributed by atoms with van der Waals surface area (Å²) in [5.74, 6) is 0.616. The van der Waals surface area contributed by atoms with Crippen molar-refractivity contribution in [2.75, 3.05) is 13.2 Å². The number of aliphatic hydroxyl groups excluding tert-OH is 1. The van der Waals surface area contributed by atoms with Crippen molar-refractivity contribution in [3.8, 4) is 5.75 Å². The van der Waals surface area contributed by atoms with Crippen LogP contribution in [0.15, 0.2) is 27.0 Å². The minimum Gasteiger partial charge on any atom is -0.490 e. The summed E-state index contributed by atoms with van der Waals surface area (Å²) < 4.78 is 23.9. The Labute approximate surface area is 94.1 Å². The van der Waals surface area contributed by atoms with E-state index < -0.39 is 10.8 Å². The number of nitrogens with zero attached hydrogens (tertiary/aromatic N) is 2. The first kappa shape index (κ1) is 10.9. The van der Waals surface area contributed by atoms with Crippen LogP contribution in [0.25, 0.3) is 0 Å². The highest BCUT2D eigenvalue weighted by atomic mass is 32.2. The predicted molar refractivity (Wildman–Crippen MR) is 59.9 cm³/mol. The molecule has 0 fully saturated rings. The van der Waals surface area contributed by atoms with E-state index in [1.54, 1.807) is 18.2 Å². The maximum absolute atomic E-state index is 11.2. The van der Waals surface area contributed by atoms with E-state index in [1.165, 1.54) is 0 Å². The van der Waals surface area contributed by atoms with Crippen molar-refractivity contribution in [2.45, 2.75) is 0 Å². The summed E-state index contributed by atoms with van der Waals surface area (Å²) >= 11 is 0. The van der Waals surface area contributed by atoms with Gasteiger partial charge in [0.15, 0.2) is 0 Å². The van der Waals surface area contributed by atoms with Gasteiger partial charge in [0.25, 0.3) is 0 Å². The Morgan fingerprint density at radius 1 is 1.50 bits per heavy atom. The van der Waals surface area contributed by atoms with Gasteiger partial charge in [0.1, 0.15) is 18.2 Å². The van der Waals surface area contributed by atoms with E-state index in [1.807, 2.05) is 0 Å². The van der Waals surface area contributed by atoms with Crippen molar-refractivity contribution in [1.29, 1.82) is 0 Å². The highest BCUT2D eigenvalue weighted by Gasteiger charge is 2.13. The van der Waals surface area contributed by atoms with E-state index in [9.17, 15) is 4.21 Å². The van der Waals surface area contributed by atoms with Crippen molar-refractivity contribution >= 4 is 22.3 Å². The fraction of sp³-hybridized carbons (Fsp3) is 0.222. The van der Waals surface area contributed by atoms with Gasteiger partial charge in [-0.2, -0.15) is 0 Å². The van der Waals surface area contributed by atoms with E-state index in [0.717, 1.165) is 0 Å². The molecule has 2 rings (SSSR count). The SMILES string of the molecule is NC1=N[S-](=O)=Nc2cccc(OCCO)c21. The zero-order chi connectivity index (χ0) is 11.5. The maximum atomic E-state index is 11.2. The molecule has 1 aliphatic heterocycles. The molecule has 0 unspecified atom stereocenters. The highest BCUT2D eigenvalue weighted by molar-refractivity contribution is 7.73. The molecule has 0 aromatic heterocycles. The Kier molecular flexibility index (Phi) is 3.07. The highest BCUT2D eigenvalue weighted by Crippen LogP contribution is 2.30. The summed E-state index contributed by atoms with van der Waals surface area (Å²) in [7, 11) is -1.66. The largest absolute Gasteiger partial charge is 0.490 e. The Hall–Kier alpha value is -1.60. The molecule has 0 saturated heterocycles. The zero-order valence-electron chi connectivity index (χ0n) is 8.29. The van der Waals surface area contributed by atoms with E-state index in [-0.39, 0.29) is 19.0 Å². The van der Waals surface area contributed by atoms with Crippen LogP contribution in [0, 0.1) is 0 Å². The van der Waals surface area contributed by atoms with Gasteiger partial charge in [-0.1, -0.05) is 16.8 Å². The summed E-state index contributed by atoms with van der Waals surface area (Å²) in [6.45, 7) is 0.0661. The number of rotatable bonds is 3. The van der Waals surface area contributed by atoms with Crippen LogP contribution in [0.4, 0.5) is 5.69 Å². The molecule has 0 atom stereocenters. The molecule has 0 aliphatic carbocycles. The second-order valence-electron chi connectivity index (χ2n) is 3.02. The molecule has 0 amide bonds. The van der Waals surface area contributed by atoms with E-state index in [2.05, 4.69) is 8.76 Å². The molecule has 1 aliphatic rings. The molecule has 3 N–H and O–H groups in total. The molecular weight excluding hydrogens is 230 g/mol. The third-order valence-electron chi connectivity index (χ3n) is 1.96. The first-order valence-electron chi connectivity index (χ1n) is 4.57. The number of fused-ring (bicyclic) bond motifs is 1. The molecule has 1 aromatic rings. The molecule has 86 valence electrons. The number of benzene rings is 1. The second-order valence-corrected chi connectivity index (χ2v) is 3.85. The predicted octanol–water partition coefficient (Wildman–Crippen LogP) is 0.471. The van der Waals surface area contributed by atoms with Gasteiger partial charge in [0.05, 0.1) is 17.9 Å². The molecule has 7 heteroatoms. The normalized spacial score (nSPS) is 14.9. The summed E-state index contributed by atoms with van der Waals surface area (Å²) in [6.07, 6.45) is 0. The van der Waals surface area contributed by atoms with Gasteiger partial charge in [-0.05, 0) is 12.1 Å². The van der Waals surface area contributed by atoms with Crippen LogP contribution in [-0.2, 0) is 15.0 Å². The molecule has 16 heavy (non-hydrogen) atoms. The van der Waals surface area contributed by atoms with Crippen LogP contribution < -0.4 is 10.5 Å². The molecule has 0 radical (unpaired) electrons. The van der Waals surface area contributed by atoms with Gasteiger partial charge in [-0.3, -0.25) is 0 Å².